The monoisotopic (exact) mass is 472 g/mol. The molecular formula is C29H36N4O2. The lowest BCUT2D eigenvalue weighted by Crippen LogP contribution is -2.50. The van der Waals surface area contributed by atoms with Crippen molar-refractivity contribution in [1.82, 2.24) is 9.80 Å². The number of carbonyl (C=O) groups is 2. The van der Waals surface area contributed by atoms with Gasteiger partial charge in [0.25, 0.3) is 0 Å². The molecule has 2 aliphatic heterocycles. The molecule has 0 spiro atoms. The number of anilines is 2. The van der Waals surface area contributed by atoms with Gasteiger partial charge in [-0.05, 0) is 43.5 Å². The molecular weight excluding hydrogens is 436 g/mol. The number of aryl methyl sites for hydroxylation is 1. The van der Waals surface area contributed by atoms with Crippen molar-refractivity contribution in [3.63, 3.8) is 0 Å². The van der Waals surface area contributed by atoms with Crippen LogP contribution < -0.4 is 10.2 Å². The first-order valence-corrected chi connectivity index (χ1v) is 12.6. The van der Waals surface area contributed by atoms with E-state index in [1.807, 2.05) is 17.0 Å². The van der Waals surface area contributed by atoms with E-state index in [2.05, 4.69) is 79.3 Å². The molecule has 1 saturated heterocycles. The van der Waals surface area contributed by atoms with E-state index in [-0.39, 0.29) is 29.7 Å². The summed E-state index contributed by atoms with van der Waals surface area (Å²) >= 11 is 0. The van der Waals surface area contributed by atoms with E-state index in [9.17, 15) is 9.59 Å². The quantitative estimate of drug-likeness (QED) is 0.718. The molecule has 0 saturated carbocycles. The average Bonchev–Trinajstić information content (AvgIpc) is 2.94. The molecule has 0 radical (unpaired) electrons. The highest BCUT2D eigenvalue weighted by molar-refractivity contribution is 6.01. The van der Waals surface area contributed by atoms with E-state index in [0.29, 0.717) is 6.42 Å². The van der Waals surface area contributed by atoms with E-state index >= 15 is 0 Å². The van der Waals surface area contributed by atoms with Crippen molar-refractivity contribution in [2.45, 2.75) is 39.7 Å². The second-order valence-electron chi connectivity index (χ2n) is 11.1. The van der Waals surface area contributed by atoms with Gasteiger partial charge in [-0.15, -0.1) is 0 Å². The van der Waals surface area contributed by atoms with Crippen LogP contribution in [-0.4, -0.2) is 61.3 Å². The van der Waals surface area contributed by atoms with Crippen molar-refractivity contribution >= 4 is 23.1 Å². The second-order valence-corrected chi connectivity index (χ2v) is 11.1. The molecule has 1 fully saturated rings. The number of fused-ring (bicyclic) bond motifs is 1. The molecule has 2 heterocycles. The molecule has 6 nitrogen and oxygen atoms in total. The van der Waals surface area contributed by atoms with Crippen molar-refractivity contribution in [2.24, 2.45) is 5.41 Å². The summed E-state index contributed by atoms with van der Waals surface area (Å²) in [5, 5.41) is 3.63. The number of allylic oxidation sites excluding steroid dienone is 1. The first-order chi connectivity index (χ1) is 16.7. The SMILES string of the molecule is Cc1ccc([C@@H]2C3=C(CC(C)(C)CC3=O)Nc3ccccc3N2CC(=O)N2CCN(C)CC2)cc1. The molecule has 0 bridgehead atoms. The number of nitrogens with one attached hydrogen (secondary N) is 1. The van der Waals surface area contributed by atoms with Crippen molar-refractivity contribution in [2.75, 3.05) is 50.0 Å². The molecule has 1 amide bonds. The molecule has 1 atom stereocenters. The fourth-order valence-corrected chi connectivity index (χ4v) is 5.62. The van der Waals surface area contributed by atoms with Crippen LogP contribution in [0.3, 0.4) is 0 Å². The predicted molar refractivity (Wildman–Crippen MR) is 140 cm³/mol. The topological polar surface area (TPSA) is 55.9 Å². The van der Waals surface area contributed by atoms with E-state index in [1.54, 1.807) is 0 Å². The Morgan fingerprint density at radius 3 is 2.40 bits per heavy atom. The number of benzene rings is 2. The summed E-state index contributed by atoms with van der Waals surface area (Å²) < 4.78 is 0. The first-order valence-electron chi connectivity index (χ1n) is 12.6. The fourth-order valence-electron chi connectivity index (χ4n) is 5.62. The van der Waals surface area contributed by atoms with E-state index in [4.69, 9.17) is 0 Å². The van der Waals surface area contributed by atoms with Gasteiger partial charge < -0.3 is 20.0 Å². The van der Waals surface area contributed by atoms with Gasteiger partial charge in [-0.3, -0.25) is 9.59 Å². The molecule has 0 aromatic heterocycles. The lowest BCUT2D eigenvalue weighted by Gasteiger charge is -2.39. The molecule has 6 heteroatoms. The third-order valence-corrected chi connectivity index (χ3v) is 7.56. The van der Waals surface area contributed by atoms with Crippen LogP contribution in [0.5, 0.6) is 0 Å². The van der Waals surface area contributed by atoms with Crippen LogP contribution in [0.4, 0.5) is 11.4 Å². The number of para-hydroxylation sites is 2. The third kappa shape index (κ3) is 4.72. The van der Waals surface area contributed by atoms with Gasteiger partial charge in [-0.2, -0.15) is 0 Å². The molecule has 35 heavy (non-hydrogen) atoms. The number of ketones is 1. The van der Waals surface area contributed by atoms with Gasteiger partial charge in [-0.25, -0.2) is 0 Å². The molecule has 0 unspecified atom stereocenters. The van der Waals surface area contributed by atoms with E-state index in [1.165, 1.54) is 5.56 Å². The van der Waals surface area contributed by atoms with Crippen LogP contribution in [0.1, 0.15) is 43.9 Å². The van der Waals surface area contributed by atoms with Crippen molar-refractivity contribution in [1.29, 1.82) is 0 Å². The van der Waals surface area contributed by atoms with Crippen LogP contribution in [0.25, 0.3) is 0 Å². The van der Waals surface area contributed by atoms with Crippen molar-refractivity contribution in [3.05, 3.63) is 70.9 Å². The predicted octanol–water partition coefficient (Wildman–Crippen LogP) is 4.39. The highest BCUT2D eigenvalue weighted by Crippen LogP contribution is 2.48. The maximum atomic E-state index is 13.7. The normalized spacial score (nSPS) is 22.3. The zero-order chi connectivity index (χ0) is 24.7. The smallest absolute Gasteiger partial charge is 0.242 e. The zero-order valence-electron chi connectivity index (χ0n) is 21.3. The van der Waals surface area contributed by atoms with Gasteiger partial charge in [-0.1, -0.05) is 55.8 Å². The number of nitrogens with zero attached hydrogens (tertiary/aromatic N) is 3. The number of hydrogen-bond acceptors (Lipinski definition) is 5. The van der Waals surface area contributed by atoms with Gasteiger partial charge in [0.2, 0.25) is 5.91 Å². The number of amides is 1. The van der Waals surface area contributed by atoms with Gasteiger partial charge in [0.05, 0.1) is 24.0 Å². The van der Waals surface area contributed by atoms with Crippen LogP contribution in [0, 0.1) is 12.3 Å². The molecule has 5 rings (SSSR count). The Hall–Kier alpha value is -3.12. The minimum Gasteiger partial charge on any atom is -0.357 e. The Balaban J connectivity index is 1.63. The summed E-state index contributed by atoms with van der Waals surface area (Å²) in [6.07, 6.45) is 1.30. The lowest BCUT2D eigenvalue weighted by atomic mass is 9.73. The van der Waals surface area contributed by atoms with E-state index in [0.717, 1.165) is 60.8 Å². The van der Waals surface area contributed by atoms with Gasteiger partial charge in [0.15, 0.2) is 5.78 Å². The number of piperazine rings is 1. The van der Waals surface area contributed by atoms with Gasteiger partial charge >= 0.3 is 0 Å². The van der Waals surface area contributed by atoms with Crippen molar-refractivity contribution < 1.29 is 9.59 Å². The standard InChI is InChI=1S/C29H36N4O2/c1-20-9-11-21(12-10-20)28-27-23(17-29(2,3)18-25(27)34)30-22-7-5-6-8-24(22)33(28)19-26(35)32-15-13-31(4)14-16-32/h5-12,28,30H,13-19H2,1-4H3/t28-/m1/s1. The Morgan fingerprint density at radius 2 is 1.69 bits per heavy atom. The highest BCUT2D eigenvalue weighted by atomic mass is 16.2. The number of Topliss-reactive ketones (excluding diaryl/α,β-unsaturated/α-hetero) is 1. The Morgan fingerprint density at radius 1 is 1.00 bits per heavy atom. The maximum Gasteiger partial charge on any atom is 0.242 e. The first kappa shape index (κ1) is 23.6. The molecule has 1 aliphatic carbocycles. The van der Waals surface area contributed by atoms with Crippen LogP contribution in [0.2, 0.25) is 0 Å². The Kier molecular flexibility index (Phi) is 6.18. The molecule has 1 N–H and O–H groups in total. The molecule has 2 aromatic carbocycles. The van der Waals surface area contributed by atoms with Gasteiger partial charge in [0, 0.05) is 43.9 Å². The number of rotatable bonds is 3. The van der Waals surface area contributed by atoms with Crippen molar-refractivity contribution in [3.8, 4) is 0 Å². The summed E-state index contributed by atoms with van der Waals surface area (Å²) in [5.74, 6) is 0.275. The zero-order valence-corrected chi connectivity index (χ0v) is 21.3. The third-order valence-electron chi connectivity index (χ3n) is 7.56. The minimum atomic E-state index is -0.318. The summed E-state index contributed by atoms with van der Waals surface area (Å²) in [6.45, 7) is 9.85. The molecule has 184 valence electrons. The molecule has 2 aromatic rings. The summed E-state index contributed by atoms with van der Waals surface area (Å²) in [4.78, 5) is 33.7. The Bertz CT molecular complexity index is 1160. The Labute approximate surface area is 208 Å². The number of carbonyl (C=O) groups excluding carboxylic acids is 2. The molecule has 3 aliphatic rings. The second kappa shape index (κ2) is 9.15. The maximum absolute atomic E-state index is 13.7. The largest absolute Gasteiger partial charge is 0.357 e. The number of likely N-dealkylation sites (N-methyl/N-ethyl adjacent to an activating group) is 1. The summed E-state index contributed by atoms with van der Waals surface area (Å²) in [5.41, 5.74) is 5.80. The number of hydrogen-bond donors (Lipinski definition) is 1. The van der Waals surface area contributed by atoms with Crippen LogP contribution in [0.15, 0.2) is 59.8 Å². The summed E-state index contributed by atoms with van der Waals surface area (Å²) in [7, 11) is 2.09. The minimum absolute atomic E-state index is 0.109. The average molecular weight is 473 g/mol. The van der Waals surface area contributed by atoms with Crippen LogP contribution >= 0.6 is 0 Å². The van der Waals surface area contributed by atoms with E-state index < -0.39 is 0 Å². The van der Waals surface area contributed by atoms with Crippen LogP contribution in [-0.2, 0) is 9.59 Å². The summed E-state index contributed by atoms with van der Waals surface area (Å²) in [6, 6.07) is 16.2. The fraction of sp³-hybridized carbons (Fsp3) is 0.448. The lowest BCUT2D eigenvalue weighted by molar-refractivity contribution is -0.131. The highest BCUT2D eigenvalue weighted by Gasteiger charge is 2.42. The van der Waals surface area contributed by atoms with Gasteiger partial charge in [0.1, 0.15) is 0 Å².